The number of aryl methyl sites for hydroxylation is 1. The minimum absolute atomic E-state index is 0.314. The van der Waals surface area contributed by atoms with Gasteiger partial charge in [0.05, 0.1) is 11.2 Å². The Morgan fingerprint density at radius 3 is 2.65 bits per heavy atom. The molecule has 0 amide bonds. The van der Waals surface area contributed by atoms with Crippen LogP contribution in [0.25, 0.3) is 0 Å². The van der Waals surface area contributed by atoms with Gasteiger partial charge in [0.15, 0.2) is 0 Å². The van der Waals surface area contributed by atoms with E-state index in [9.17, 15) is 0 Å². The van der Waals surface area contributed by atoms with Crippen molar-refractivity contribution in [3.05, 3.63) is 50.9 Å². The molecule has 0 fully saturated rings. The van der Waals surface area contributed by atoms with Crippen LogP contribution < -0.4 is 5.32 Å². The maximum absolute atomic E-state index is 5.87. The second kappa shape index (κ2) is 5.63. The first kappa shape index (κ1) is 12.6. The second-order valence-electron chi connectivity index (χ2n) is 4.02. The largest absolute Gasteiger partial charge is 0.305 e. The molecule has 2 rings (SSSR count). The lowest BCUT2D eigenvalue weighted by molar-refractivity contribution is 0.577. The van der Waals surface area contributed by atoms with Crippen LogP contribution in [-0.2, 0) is 6.54 Å². The van der Waals surface area contributed by atoms with E-state index < -0.39 is 0 Å². The molecular weight excluding hydrogens is 252 g/mol. The van der Waals surface area contributed by atoms with Gasteiger partial charge in [-0.3, -0.25) is 0 Å². The van der Waals surface area contributed by atoms with Crippen LogP contribution in [0.5, 0.6) is 0 Å². The highest BCUT2D eigenvalue weighted by atomic mass is 35.5. The van der Waals surface area contributed by atoms with Crippen LogP contribution in [0.3, 0.4) is 0 Å². The Morgan fingerprint density at radius 1 is 1.35 bits per heavy atom. The van der Waals surface area contributed by atoms with Gasteiger partial charge >= 0.3 is 0 Å². The van der Waals surface area contributed by atoms with Crippen molar-refractivity contribution in [1.82, 2.24) is 10.3 Å². The molecule has 0 saturated carbocycles. The quantitative estimate of drug-likeness (QED) is 0.906. The fourth-order valence-corrected chi connectivity index (χ4v) is 2.46. The third kappa shape index (κ3) is 3.28. The van der Waals surface area contributed by atoms with Gasteiger partial charge in [-0.15, -0.1) is 11.3 Å². The van der Waals surface area contributed by atoms with Gasteiger partial charge in [0, 0.05) is 22.5 Å². The molecule has 4 heteroatoms. The third-order valence-electron chi connectivity index (χ3n) is 2.78. The summed E-state index contributed by atoms with van der Waals surface area (Å²) in [6.45, 7) is 5.06. The summed E-state index contributed by atoms with van der Waals surface area (Å²) in [5.41, 5.74) is 4.25. The molecule has 0 bridgehead atoms. The van der Waals surface area contributed by atoms with E-state index in [2.05, 4.69) is 29.4 Å². The summed E-state index contributed by atoms with van der Waals surface area (Å²) in [6.07, 6.45) is 0. The standard InChI is InChI=1S/C13H15ClN2S/c1-9(11-3-5-12(14)6-4-11)15-7-13-10(2)16-8-17-13/h3-6,8-9,15H,7H2,1-2H3/t9-/m1/s1. The minimum Gasteiger partial charge on any atom is -0.305 e. The van der Waals surface area contributed by atoms with Gasteiger partial charge in [-0.2, -0.15) is 0 Å². The number of rotatable bonds is 4. The highest BCUT2D eigenvalue weighted by Crippen LogP contribution is 2.18. The van der Waals surface area contributed by atoms with Crippen molar-refractivity contribution in [3.63, 3.8) is 0 Å². The molecule has 0 aliphatic heterocycles. The summed E-state index contributed by atoms with van der Waals surface area (Å²) in [6, 6.07) is 8.27. The summed E-state index contributed by atoms with van der Waals surface area (Å²) in [7, 11) is 0. The first-order chi connectivity index (χ1) is 8.16. The second-order valence-corrected chi connectivity index (χ2v) is 5.39. The fourth-order valence-electron chi connectivity index (χ4n) is 1.61. The van der Waals surface area contributed by atoms with Crippen LogP contribution in [0.1, 0.15) is 29.1 Å². The molecule has 0 unspecified atom stereocenters. The topological polar surface area (TPSA) is 24.9 Å². The lowest BCUT2D eigenvalue weighted by atomic mass is 10.1. The van der Waals surface area contributed by atoms with Crippen LogP contribution in [0, 0.1) is 6.92 Å². The lowest BCUT2D eigenvalue weighted by Gasteiger charge is -2.13. The summed E-state index contributed by atoms with van der Waals surface area (Å²) in [5, 5.41) is 4.27. The third-order valence-corrected chi connectivity index (χ3v) is 3.97. The van der Waals surface area contributed by atoms with E-state index in [-0.39, 0.29) is 0 Å². The Morgan fingerprint density at radius 2 is 2.06 bits per heavy atom. The molecule has 90 valence electrons. The van der Waals surface area contributed by atoms with Crippen molar-refractivity contribution in [3.8, 4) is 0 Å². The van der Waals surface area contributed by atoms with E-state index in [1.165, 1.54) is 10.4 Å². The predicted octanol–water partition coefficient (Wildman–Crippen LogP) is 3.96. The molecule has 1 aromatic heterocycles. The SMILES string of the molecule is Cc1ncsc1CN[C@H](C)c1ccc(Cl)cc1. The van der Waals surface area contributed by atoms with Crippen molar-refractivity contribution >= 4 is 22.9 Å². The Bertz CT molecular complexity index is 478. The Hall–Kier alpha value is -0.900. The van der Waals surface area contributed by atoms with E-state index in [1.807, 2.05) is 24.6 Å². The summed E-state index contributed by atoms with van der Waals surface area (Å²) < 4.78 is 0. The predicted molar refractivity (Wildman–Crippen MR) is 73.6 cm³/mol. The molecule has 1 heterocycles. The molecule has 1 aromatic carbocycles. The maximum atomic E-state index is 5.87. The molecule has 0 radical (unpaired) electrons. The number of hydrogen-bond acceptors (Lipinski definition) is 3. The van der Waals surface area contributed by atoms with Gasteiger partial charge in [0.1, 0.15) is 0 Å². The summed E-state index contributed by atoms with van der Waals surface area (Å²) in [5.74, 6) is 0. The van der Waals surface area contributed by atoms with Crippen LogP contribution in [0.4, 0.5) is 0 Å². The number of hydrogen-bond donors (Lipinski definition) is 1. The molecular formula is C13H15ClN2S. The Kier molecular flexibility index (Phi) is 4.15. The van der Waals surface area contributed by atoms with Gasteiger partial charge in [-0.1, -0.05) is 23.7 Å². The van der Waals surface area contributed by atoms with Gasteiger partial charge in [-0.05, 0) is 31.5 Å². The average molecular weight is 267 g/mol. The Balaban J connectivity index is 1.95. The molecule has 1 atom stereocenters. The van der Waals surface area contributed by atoms with Crippen LogP contribution in [0.15, 0.2) is 29.8 Å². The first-order valence-corrected chi connectivity index (χ1v) is 6.80. The van der Waals surface area contributed by atoms with Gasteiger partial charge in [-0.25, -0.2) is 4.98 Å². The average Bonchev–Trinajstić information content (AvgIpc) is 2.73. The van der Waals surface area contributed by atoms with Gasteiger partial charge in [0.25, 0.3) is 0 Å². The summed E-state index contributed by atoms with van der Waals surface area (Å²) >= 11 is 7.56. The van der Waals surface area contributed by atoms with Gasteiger partial charge in [0.2, 0.25) is 0 Å². The van der Waals surface area contributed by atoms with Crippen molar-refractivity contribution in [1.29, 1.82) is 0 Å². The number of nitrogens with one attached hydrogen (secondary N) is 1. The normalized spacial score (nSPS) is 12.6. The van der Waals surface area contributed by atoms with Crippen LogP contribution in [-0.4, -0.2) is 4.98 Å². The molecule has 0 aliphatic rings. The molecule has 0 aliphatic carbocycles. The number of halogens is 1. The van der Waals surface area contributed by atoms with Crippen LogP contribution >= 0.6 is 22.9 Å². The number of aromatic nitrogens is 1. The molecule has 2 aromatic rings. The highest BCUT2D eigenvalue weighted by Gasteiger charge is 2.06. The maximum Gasteiger partial charge on any atom is 0.0798 e. The van der Waals surface area contributed by atoms with Crippen molar-refractivity contribution in [2.45, 2.75) is 26.4 Å². The zero-order valence-corrected chi connectivity index (χ0v) is 11.5. The van der Waals surface area contributed by atoms with Crippen molar-refractivity contribution < 1.29 is 0 Å². The van der Waals surface area contributed by atoms with E-state index in [4.69, 9.17) is 11.6 Å². The molecule has 0 saturated heterocycles. The molecule has 0 spiro atoms. The van der Waals surface area contributed by atoms with Gasteiger partial charge < -0.3 is 5.32 Å². The monoisotopic (exact) mass is 266 g/mol. The van der Waals surface area contributed by atoms with Crippen LogP contribution in [0.2, 0.25) is 5.02 Å². The first-order valence-electron chi connectivity index (χ1n) is 5.54. The highest BCUT2D eigenvalue weighted by molar-refractivity contribution is 7.09. The minimum atomic E-state index is 0.314. The Labute approximate surface area is 111 Å². The molecule has 1 N–H and O–H groups in total. The zero-order valence-electron chi connectivity index (χ0n) is 9.90. The lowest BCUT2D eigenvalue weighted by Crippen LogP contribution is -2.17. The van der Waals surface area contributed by atoms with E-state index in [1.54, 1.807) is 11.3 Å². The van der Waals surface area contributed by atoms with E-state index >= 15 is 0 Å². The fraction of sp³-hybridized carbons (Fsp3) is 0.308. The van der Waals surface area contributed by atoms with E-state index in [0.717, 1.165) is 17.3 Å². The number of nitrogens with zero attached hydrogens (tertiary/aromatic N) is 1. The smallest absolute Gasteiger partial charge is 0.0798 e. The number of thiazole rings is 1. The molecule has 17 heavy (non-hydrogen) atoms. The number of benzene rings is 1. The zero-order chi connectivity index (χ0) is 12.3. The summed E-state index contributed by atoms with van der Waals surface area (Å²) in [4.78, 5) is 5.54. The molecule has 2 nitrogen and oxygen atoms in total. The van der Waals surface area contributed by atoms with Crippen molar-refractivity contribution in [2.75, 3.05) is 0 Å². The van der Waals surface area contributed by atoms with E-state index in [0.29, 0.717) is 6.04 Å². The van der Waals surface area contributed by atoms with Crippen molar-refractivity contribution in [2.24, 2.45) is 0 Å².